The van der Waals surface area contributed by atoms with Gasteiger partial charge >= 0.3 is 0 Å². The van der Waals surface area contributed by atoms with Crippen LogP contribution < -0.4 is 10.2 Å². The summed E-state index contributed by atoms with van der Waals surface area (Å²) >= 11 is 0. The molecule has 0 atom stereocenters. The molecule has 0 aliphatic rings. The van der Waals surface area contributed by atoms with Crippen molar-refractivity contribution in [1.29, 1.82) is 0 Å². The predicted octanol–water partition coefficient (Wildman–Crippen LogP) is 2.96. The first kappa shape index (κ1) is 15.0. The molecule has 1 N–H and O–H groups in total. The number of anilines is 2. The number of carbonyl (C=O) groups is 1. The van der Waals surface area contributed by atoms with Crippen molar-refractivity contribution in [3.05, 3.63) is 48.4 Å². The highest BCUT2D eigenvalue weighted by atomic mass is 16.2. The number of nitrogens with zero attached hydrogens (tertiary/aromatic N) is 3. The summed E-state index contributed by atoms with van der Waals surface area (Å²) in [5.41, 5.74) is 1.25. The van der Waals surface area contributed by atoms with E-state index in [1.54, 1.807) is 11.0 Å². The number of aromatic nitrogens is 2. The quantitative estimate of drug-likeness (QED) is 0.917. The second-order valence-electron chi connectivity index (χ2n) is 4.97. The van der Waals surface area contributed by atoms with Gasteiger partial charge in [-0.05, 0) is 32.9 Å². The van der Waals surface area contributed by atoms with E-state index < -0.39 is 0 Å². The number of hydrogen-bond donors (Lipinski definition) is 1. The molecule has 1 aromatic heterocycles. The Morgan fingerprint density at radius 2 is 1.95 bits per heavy atom. The molecule has 0 saturated carbocycles. The van der Waals surface area contributed by atoms with Gasteiger partial charge in [0, 0.05) is 24.3 Å². The van der Waals surface area contributed by atoms with E-state index in [2.05, 4.69) is 15.3 Å². The van der Waals surface area contributed by atoms with Gasteiger partial charge in [-0.2, -0.15) is 0 Å². The van der Waals surface area contributed by atoms with Gasteiger partial charge in [0.05, 0.1) is 0 Å². The minimum absolute atomic E-state index is 0.127. The molecule has 0 radical (unpaired) electrons. The average molecular weight is 284 g/mol. The molecule has 1 heterocycles. The van der Waals surface area contributed by atoms with Crippen molar-refractivity contribution in [1.82, 2.24) is 9.97 Å². The Hall–Kier alpha value is -2.43. The fraction of sp³-hybridized carbons (Fsp3) is 0.312. The van der Waals surface area contributed by atoms with Crippen molar-refractivity contribution in [2.24, 2.45) is 0 Å². The minimum Gasteiger partial charge on any atom is -0.368 e. The lowest BCUT2D eigenvalue weighted by molar-refractivity contribution is 0.0983. The molecule has 2 rings (SSSR count). The zero-order valence-corrected chi connectivity index (χ0v) is 12.6. The standard InChI is InChI=1S/C16H20N4O/c1-4-20(13-8-6-5-7-9-13)16(21)14-10-15(18-11-17-14)19-12(2)3/h5-12H,4H2,1-3H3,(H,17,18,19). The first-order valence-electron chi connectivity index (χ1n) is 7.07. The van der Waals surface area contributed by atoms with E-state index in [4.69, 9.17) is 0 Å². The highest BCUT2D eigenvalue weighted by molar-refractivity contribution is 6.05. The topological polar surface area (TPSA) is 58.1 Å². The molecule has 0 aliphatic carbocycles. The largest absolute Gasteiger partial charge is 0.368 e. The minimum atomic E-state index is -0.127. The fourth-order valence-electron chi connectivity index (χ4n) is 2.04. The molecule has 1 aromatic carbocycles. The highest BCUT2D eigenvalue weighted by Gasteiger charge is 2.17. The maximum absolute atomic E-state index is 12.6. The number of nitrogens with one attached hydrogen (secondary N) is 1. The number of amides is 1. The Bertz CT molecular complexity index is 598. The Balaban J connectivity index is 2.26. The van der Waals surface area contributed by atoms with E-state index in [0.29, 0.717) is 18.1 Å². The zero-order valence-electron chi connectivity index (χ0n) is 12.6. The van der Waals surface area contributed by atoms with Crippen LogP contribution in [0.25, 0.3) is 0 Å². The van der Waals surface area contributed by atoms with Crippen LogP contribution in [0.15, 0.2) is 42.7 Å². The van der Waals surface area contributed by atoms with E-state index in [9.17, 15) is 4.79 Å². The van der Waals surface area contributed by atoms with Crippen molar-refractivity contribution in [2.75, 3.05) is 16.8 Å². The van der Waals surface area contributed by atoms with Crippen LogP contribution in [0, 0.1) is 0 Å². The van der Waals surface area contributed by atoms with Crippen LogP contribution in [0.1, 0.15) is 31.3 Å². The van der Waals surface area contributed by atoms with E-state index in [0.717, 1.165) is 5.69 Å². The number of carbonyl (C=O) groups excluding carboxylic acids is 1. The Morgan fingerprint density at radius 1 is 1.24 bits per heavy atom. The van der Waals surface area contributed by atoms with Gasteiger partial charge in [-0.3, -0.25) is 4.79 Å². The van der Waals surface area contributed by atoms with Crippen molar-refractivity contribution in [2.45, 2.75) is 26.8 Å². The molecule has 0 bridgehead atoms. The monoisotopic (exact) mass is 284 g/mol. The summed E-state index contributed by atoms with van der Waals surface area (Å²) in [5, 5.41) is 3.17. The van der Waals surface area contributed by atoms with Gasteiger partial charge in [0.25, 0.3) is 5.91 Å². The molecule has 5 nitrogen and oxygen atoms in total. The molecular weight excluding hydrogens is 264 g/mol. The molecule has 1 amide bonds. The fourth-order valence-corrected chi connectivity index (χ4v) is 2.04. The third-order valence-electron chi connectivity index (χ3n) is 2.95. The van der Waals surface area contributed by atoms with Gasteiger partial charge in [0.15, 0.2) is 0 Å². The molecule has 110 valence electrons. The second kappa shape index (κ2) is 6.83. The summed E-state index contributed by atoms with van der Waals surface area (Å²) in [6.07, 6.45) is 1.41. The van der Waals surface area contributed by atoms with Crippen LogP contribution in [-0.4, -0.2) is 28.5 Å². The number of benzene rings is 1. The smallest absolute Gasteiger partial charge is 0.277 e. The van der Waals surface area contributed by atoms with Crippen LogP contribution in [-0.2, 0) is 0 Å². The molecular formula is C16H20N4O. The lowest BCUT2D eigenvalue weighted by atomic mass is 10.2. The summed E-state index contributed by atoms with van der Waals surface area (Å²) in [6, 6.07) is 11.5. The number of rotatable bonds is 5. The van der Waals surface area contributed by atoms with Gasteiger partial charge < -0.3 is 10.2 Å². The van der Waals surface area contributed by atoms with E-state index in [-0.39, 0.29) is 11.9 Å². The van der Waals surface area contributed by atoms with Gasteiger partial charge in [-0.25, -0.2) is 9.97 Å². The first-order valence-corrected chi connectivity index (χ1v) is 7.07. The Kier molecular flexibility index (Phi) is 4.87. The molecule has 0 unspecified atom stereocenters. The summed E-state index contributed by atoms with van der Waals surface area (Å²) in [5.74, 6) is 0.533. The lowest BCUT2D eigenvalue weighted by Gasteiger charge is -2.20. The first-order chi connectivity index (χ1) is 10.1. The van der Waals surface area contributed by atoms with Gasteiger partial charge in [0.2, 0.25) is 0 Å². The Morgan fingerprint density at radius 3 is 2.57 bits per heavy atom. The molecule has 5 heteroatoms. The van der Waals surface area contributed by atoms with Crippen molar-refractivity contribution in [3.8, 4) is 0 Å². The second-order valence-corrected chi connectivity index (χ2v) is 4.97. The van der Waals surface area contributed by atoms with Gasteiger partial charge in [-0.1, -0.05) is 18.2 Å². The average Bonchev–Trinajstić information content (AvgIpc) is 2.48. The summed E-state index contributed by atoms with van der Waals surface area (Å²) in [6.45, 7) is 6.57. The van der Waals surface area contributed by atoms with E-state index in [1.165, 1.54) is 6.33 Å². The molecule has 2 aromatic rings. The number of hydrogen-bond acceptors (Lipinski definition) is 4. The molecule has 0 spiro atoms. The van der Waals surface area contributed by atoms with Crippen LogP contribution in [0.2, 0.25) is 0 Å². The van der Waals surface area contributed by atoms with Crippen molar-refractivity contribution >= 4 is 17.4 Å². The van der Waals surface area contributed by atoms with Crippen molar-refractivity contribution in [3.63, 3.8) is 0 Å². The van der Waals surface area contributed by atoms with E-state index in [1.807, 2.05) is 51.1 Å². The zero-order chi connectivity index (χ0) is 15.2. The van der Waals surface area contributed by atoms with E-state index >= 15 is 0 Å². The molecule has 21 heavy (non-hydrogen) atoms. The third-order valence-corrected chi connectivity index (χ3v) is 2.95. The predicted molar refractivity (Wildman–Crippen MR) is 84.6 cm³/mol. The summed E-state index contributed by atoms with van der Waals surface area (Å²) < 4.78 is 0. The molecule has 0 saturated heterocycles. The third kappa shape index (κ3) is 3.78. The summed E-state index contributed by atoms with van der Waals surface area (Å²) in [7, 11) is 0. The highest BCUT2D eigenvalue weighted by Crippen LogP contribution is 2.16. The SMILES string of the molecule is CCN(C(=O)c1cc(NC(C)C)ncn1)c1ccccc1. The van der Waals surface area contributed by atoms with Crippen LogP contribution >= 0.6 is 0 Å². The van der Waals surface area contributed by atoms with Crippen LogP contribution in [0.5, 0.6) is 0 Å². The lowest BCUT2D eigenvalue weighted by Crippen LogP contribution is -2.31. The maximum Gasteiger partial charge on any atom is 0.277 e. The van der Waals surface area contributed by atoms with Crippen LogP contribution in [0.4, 0.5) is 11.5 Å². The van der Waals surface area contributed by atoms with Gasteiger partial charge in [-0.15, -0.1) is 0 Å². The summed E-state index contributed by atoms with van der Waals surface area (Å²) in [4.78, 5) is 22.5. The van der Waals surface area contributed by atoms with Gasteiger partial charge in [0.1, 0.15) is 17.8 Å². The molecule has 0 fully saturated rings. The van der Waals surface area contributed by atoms with Crippen molar-refractivity contribution < 1.29 is 4.79 Å². The van der Waals surface area contributed by atoms with Crippen LogP contribution in [0.3, 0.4) is 0 Å². The Labute approximate surface area is 125 Å². The molecule has 0 aliphatic heterocycles. The maximum atomic E-state index is 12.6. The number of para-hydroxylation sites is 1. The normalized spacial score (nSPS) is 10.5.